The van der Waals surface area contributed by atoms with E-state index >= 15 is 0 Å². The second-order valence-electron chi connectivity index (χ2n) is 9.31. The molecule has 0 aliphatic carbocycles. The van der Waals surface area contributed by atoms with E-state index in [1.165, 1.54) is 0 Å². The first-order valence-electron chi connectivity index (χ1n) is 11.7. The summed E-state index contributed by atoms with van der Waals surface area (Å²) >= 11 is 0. The van der Waals surface area contributed by atoms with Crippen LogP contribution < -0.4 is 10.1 Å². The van der Waals surface area contributed by atoms with Gasteiger partial charge >= 0.3 is 0 Å². The fraction of sp³-hybridized carbons (Fsp3) is 0.577. The van der Waals surface area contributed by atoms with Gasteiger partial charge < -0.3 is 29.9 Å². The van der Waals surface area contributed by atoms with Gasteiger partial charge in [-0.1, -0.05) is 26.0 Å². The molecule has 4 N–H and O–H groups in total. The summed E-state index contributed by atoms with van der Waals surface area (Å²) in [7, 11) is 0. The minimum Gasteiger partial charge on any atom is -0.491 e. The SMILES string of the molecule is CCn1cc(C(CC)(CC)c2ccc(OCC(O)CO)c(C)c2)cc1C(=O)NCC(C)(C)O. The molecular weight excluding hydrogens is 420 g/mol. The average molecular weight is 461 g/mol. The molecule has 33 heavy (non-hydrogen) atoms. The van der Waals surface area contributed by atoms with Crippen molar-refractivity contribution >= 4 is 5.91 Å². The fourth-order valence-corrected chi connectivity index (χ4v) is 4.19. The van der Waals surface area contributed by atoms with Gasteiger partial charge in [-0.2, -0.15) is 0 Å². The Morgan fingerprint density at radius 2 is 1.82 bits per heavy atom. The van der Waals surface area contributed by atoms with Crippen molar-refractivity contribution in [1.29, 1.82) is 0 Å². The third-order valence-corrected chi connectivity index (χ3v) is 6.28. The number of hydrogen-bond donors (Lipinski definition) is 4. The minimum atomic E-state index is -0.979. The Balaban J connectivity index is 2.41. The van der Waals surface area contributed by atoms with Gasteiger partial charge in [0, 0.05) is 24.7 Å². The van der Waals surface area contributed by atoms with E-state index in [1.54, 1.807) is 13.8 Å². The number of amides is 1. The maximum Gasteiger partial charge on any atom is 0.268 e. The third-order valence-electron chi connectivity index (χ3n) is 6.28. The lowest BCUT2D eigenvalue weighted by atomic mass is 9.71. The molecule has 2 rings (SSSR count). The highest BCUT2D eigenvalue weighted by Gasteiger charge is 2.33. The van der Waals surface area contributed by atoms with Gasteiger partial charge in [-0.3, -0.25) is 4.79 Å². The van der Waals surface area contributed by atoms with E-state index in [0.29, 0.717) is 18.0 Å². The fourth-order valence-electron chi connectivity index (χ4n) is 4.19. The Kier molecular flexibility index (Phi) is 9.12. The number of nitrogens with one attached hydrogen (secondary N) is 1. The number of aliphatic hydroxyl groups is 3. The predicted octanol–water partition coefficient (Wildman–Crippen LogP) is 3.16. The molecule has 1 atom stereocenters. The Bertz CT molecular complexity index is 925. The van der Waals surface area contributed by atoms with Crippen LogP contribution in [0.3, 0.4) is 0 Å². The molecule has 0 fully saturated rings. The Morgan fingerprint density at radius 3 is 2.33 bits per heavy atom. The maximum atomic E-state index is 12.9. The second-order valence-corrected chi connectivity index (χ2v) is 9.31. The topological polar surface area (TPSA) is 104 Å². The second kappa shape index (κ2) is 11.2. The highest BCUT2D eigenvalue weighted by atomic mass is 16.5. The summed E-state index contributed by atoms with van der Waals surface area (Å²) < 4.78 is 7.62. The molecular formula is C26H40N2O5. The molecule has 184 valence electrons. The summed E-state index contributed by atoms with van der Waals surface area (Å²) in [5.41, 5.74) is 2.48. The largest absolute Gasteiger partial charge is 0.491 e. The molecule has 0 saturated heterocycles. The normalized spacial score (nSPS) is 13.1. The first-order chi connectivity index (χ1) is 15.5. The van der Waals surface area contributed by atoms with Crippen molar-refractivity contribution in [2.24, 2.45) is 0 Å². The molecule has 0 aliphatic rings. The van der Waals surface area contributed by atoms with Crippen molar-refractivity contribution < 1.29 is 24.9 Å². The van der Waals surface area contributed by atoms with Gasteiger partial charge in [0.25, 0.3) is 5.91 Å². The van der Waals surface area contributed by atoms with Crippen LogP contribution in [0.2, 0.25) is 0 Å². The Hall–Kier alpha value is -2.35. The third kappa shape index (κ3) is 6.37. The summed E-state index contributed by atoms with van der Waals surface area (Å²) in [5.74, 6) is 0.471. The van der Waals surface area contributed by atoms with Crippen LogP contribution in [-0.4, -0.2) is 57.3 Å². The van der Waals surface area contributed by atoms with Crippen LogP contribution in [0.4, 0.5) is 0 Å². The standard InChI is InChI=1S/C26H40N2O5/c1-7-26(8-2,19-10-11-23(18(4)12-19)33-16-21(30)15-29)20-13-22(28(9-3)14-20)24(31)27-17-25(5,6)32/h10-14,21,29-30,32H,7-9,15-17H2,1-6H3,(H,27,31). The number of ether oxygens (including phenoxy) is 1. The molecule has 0 saturated carbocycles. The van der Waals surface area contributed by atoms with E-state index in [2.05, 4.69) is 31.4 Å². The van der Waals surface area contributed by atoms with Crippen LogP contribution in [0.5, 0.6) is 5.75 Å². The number of rotatable bonds is 12. The smallest absolute Gasteiger partial charge is 0.268 e. The van der Waals surface area contributed by atoms with Gasteiger partial charge in [0.2, 0.25) is 0 Å². The number of aliphatic hydroxyl groups excluding tert-OH is 2. The van der Waals surface area contributed by atoms with Crippen molar-refractivity contribution in [1.82, 2.24) is 9.88 Å². The zero-order valence-electron chi connectivity index (χ0n) is 20.8. The molecule has 0 radical (unpaired) electrons. The van der Waals surface area contributed by atoms with Crippen molar-refractivity contribution in [2.45, 2.75) is 78.0 Å². The highest BCUT2D eigenvalue weighted by Crippen LogP contribution is 2.41. The van der Waals surface area contributed by atoms with Crippen LogP contribution in [0, 0.1) is 6.92 Å². The van der Waals surface area contributed by atoms with E-state index < -0.39 is 11.7 Å². The van der Waals surface area contributed by atoms with Gasteiger partial charge in [0.1, 0.15) is 24.2 Å². The number of hydrogen-bond acceptors (Lipinski definition) is 5. The lowest BCUT2D eigenvalue weighted by Crippen LogP contribution is -2.38. The first kappa shape index (κ1) is 26.9. The summed E-state index contributed by atoms with van der Waals surface area (Å²) in [6.07, 6.45) is 2.85. The van der Waals surface area contributed by atoms with Crippen LogP contribution in [0.25, 0.3) is 0 Å². The lowest BCUT2D eigenvalue weighted by molar-refractivity contribution is 0.0534. The quantitative estimate of drug-likeness (QED) is 0.390. The van der Waals surface area contributed by atoms with E-state index in [0.717, 1.165) is 29.5 Å². The molecule has 1 unspecified atom stereocenters. The monoisotopic (exact) mass is 460 g/mol. The number of nitrogens with zero attached hydrogens (tertiary/aromatic N) is 1. The lowest BCUT2D eigenvalue weighted by Gasteiger charge is -2.32. The maximum absolute atomic E-state index is 12.9. The number of benzene rings is 1. The number of aromatic nitrogens is 1. The summed E-state index contributed by atoms with van der Waals surface area (Å²) in [6.45, 7) is 12.1. The average Bonchev–Trinajstić information content (AvgIpc) is 3.22. The van der Waals surface area contributed by atoms with Crippen LogP contribution >= 0.6 is 0 Å². The van der Waals surface area contributed by atoms with Crippen LogP contribution in [0.1, 0.15) is 74.6 Å². The molecule has 1 heterocycles. The molecule has 7 nitrogen and oxygen atoms in total. The number of carbonyl (C=O) groups excluding carboxylic acids is 1. The molecule has 0 spiro atoms. The first-order valence-corrected chi connectivity index (χ1v) is 11.7. The molecule has 1 amide bonds. The van der Waals surface area contributed by atoms with Crippen molar-refractivity contribution in [2.75, 3.05) is 19.8 Å². The molecule has 7 heteroatoms. The van der Waals surface area contributed by atoms with Gasteiger partial charge in [0.15, 0.2) is 0 Å². The van der Waals surface area contributed by atoms with Crippen LogP contribution in [0.15, 0.2) is 30.5 Å². The highest BCUT2D eigenvalue weighted by molar-refractivity contribution is 5.93. The van der Waals surface area contributed by atoms with Gasteiger partial charge in [-0.15, -0.1) is 0 Å². The van der Waals surface area contributed by atoms with Gasteiger partial charge in [0.05, 0.1) is 12.2 Å². The molecule has 1 aromatic heterocycles. The summed E-state index contributed by atoms with van der Waals surface area (Å²) in [4.78, 5) is 12.9. The molecule has 0 aliphatic heterocycles. The number of aryl methyl sites for hydroxylation is 2. The summed E-state index contributed by atoms with van der Waals surface area (Å²) in [6, 6.07) is 8.01. The van der Waals surface area contributed by atoms with Gasteiger partial charge in [-0.05, 0) is 69.4 Å². The predicted molar refractivity (Wildman–Crippen MR) is 130 cm³/mol. The zero-order valence-corrected chi connectivity index (χ0v) is 20.8. The van der Waals surface area contributed by atoms with Crippen molar-refractivity contribution in [3.05, 3.63) is 52.8 Å². The minimum absolute atomic E-state index is 0.0336. The molecule has 0 bridgehead atoms. The van der Waals surface area contributed by atoms with E-state index in [-0.39, 0.29) is 31.1 Å². The van der Waals surface area contributed by atoms with Gasteiger partial charge in [-0.25, -0.2) is 0 Å². The Labute approximate surface area is 197 Å². The zero-order chi connectivity index (χ0) is 24.8. The van der Waals surface area contributed by atoms with Crippen LogP contribution in [-0.2, 0) is 12.0 Å². The number of carbonyl (C=O) groups is 1. The Morgan fingerprint density at radius 1 is 1.15 bits per heavy atom. The summed E-state index contributed by atoms with van der Waals surface area (Å²) in [5, 5.41) is 31.4. The van der Waals surface area contributed by atoms with E-state index in [9.17, 15) is 15.0 Å². The van der Waals surface area contributed by atoms with Crippen molar-refractivity contribution in [3.8, 4) is 5.75 Å². The molecule has 2 aromatic rings. The van der Waals surface area contributed by atoms with E-state index in [4.69, 9.17) is 9.84 Å². The van der Waals surface area contributed by atoms with E-state index in [1.807, 2.05) is 36.6 Å². The molecule has 1 aromatic carbocycles. The van der Waals surface area contributed by atoms with Crippen molar-refractivity contribution in [3.63, 3.8) is 0 Å².